The number of nitrogens with one attached hydrogen (secondary N) is 1. The van der Waals surface area contributed by atoms with Crippen LogP contribution in [0, 0.1) is 0 Å². The van der Waals surface area contributed by atoms with Crippen molar-refractivity contribution in [1.29, 1.82) is 0 Å². The quantitative estimate of drug-likeness (QED) is 0.377. The highest BCUT2D eigenvalue weighted by Crippen LogP contribution is 1.57. The third-order valence-corrected chi connectivity index (χ3v) is 0.414. The largest absolute Gasteiger partial charge is 0.480 e. The predicted molar refractivity (Wildman–Crippen MR) is 33.4 cm³/mol. The number of urea groups is 1. The maximum Gasteiger partial charge on any atom is 0.323 e. The zero-order chi connectivity index (χ0) is 8.57. The number of carbonyl (C=O) groups excluding carboxylic acids is 1. The van der Waals surface area contributed by atoms with E-state index in [1.54, 1.807) is 0 Å². The number of carboxylic acids is 1. The van der Waals surface area contributed by atoms with Crippen LogP contribution >= 0.6 is 0 Å². The van der Waals surface area contributed by atoms with E-state index in [0.717, 1.165) is 7.11 Å². The Labute approximate surface area is 57.6 Å². The molecule has 2 amide bonds. The number of aliphatic carboxylic acids is 1. The van der Waals surface area contributed by atoms with Gasteiger partial charge in [0.05, 0.1) is 0 Å². The van der Waals surface area contributed by atoms with Crippen molar-refractivity contribution >= 4 is 12.0 Å². The summed E-state index contributed by atoms with van der Waals surface area (Å²) in [5.74, 6) is -1.11. The topological polar surface area (TPSA) is 113 Å². The van der Waals surface area contributed by atoms with Gasteiger partial charge in [0.25, 0.3) is 0 Å². The molecule has 6 heteroatoms. The van der Waals surface area contributed by atoms with Crippen LogP contribution in [0.1, 0.15) is 0 Å². The molecule has 0 saturated carbocycles. The lowest BCUT2D eigenvalue weighted by Gasteiger charge is -1.92. The number of carboxylic acid groups (broad SMARTS) is 1. The van der Waals surface area contributed by atoms with Gasteiger partial charge >= 0.3 is 12.0 Å². The third-order valence-electron chi connectivity index (χ3n) is 0.414. The lowest BCUT2D eigenvalue weighted by Crippen LogP contribution is -2.33. The van der Waals surface area contributed by atoms with Crippen LogP contribution in [0.4, 0.5) is 4.79 Å². The molecule has 0 aliphatic heterocycles. The average Bonchev–Trinajstić information content (AvgIpc) is 1.89. The highest BCUT2D eigenvalue weighted by atomic mass is 16.4. The van der Waals surface area contributed by atoms with Gasteiger partial charge in [-0.1, -0.05) is 0 Å². The minimum absolute atomic E-state index is 0.421. The fourth-order valence-electron chi connectivity index (χ4n) is 0.163. The first-order valence-electron chi connectivity index (χ1n) is 2.32. The van der Waals surface area contributed by atoms with Gasteiger partial charge in [-0.2, -0.15) is 0 Å². The second-order valence-corrected chi connectivity index (χ2v) is 1.11. The summed E-state index contributed by atoms with van der Waals surface area (Å²) in [7, 11) is 1.00. The van der Waals surface area contributed by atoms with E-state index >= 15 is 0 Å². The Kier molecular flexibility index (Phi) is 8.85. The summed E-state index contributed by atoms with van der Waals surface area (Å²) in [5.41, 5.74) is 4.53. The van der Waals surface area contributed by atoms with Gasteiger partial charge in [0.15, 0.2) is 0 Å². The van der Waals surface area contributed by atoms with Crippen LogP contribution in [0.5, 0.6) is 0 Å². The molecule has 0 aliphatic rings. The molecule has 5 N–H and O–H groups in total. The minimum Gasteiger partial charge on any atom is -0.480 e. The Balaban J connectivity index is 0. The smallest absolute Gasteiger partial charge is 0.323 e. The zero-order valence-electron chi connectivity index (χ0n) is 5.50. The summed E-state index contributed by atoms with van der Waals surface area (Å²) in [5, 5.41) is 16.8. The number of aliphatic hydroxyl groups is 1. The zero-order valence-corrected chi connectivity index (χ0v) is 5.50. The van der Waals surface area contributed by atoms with Crippen LogP contribution in [-0.4, -0.2) is 35.9 Å². The van der Waals surface area contributed by atoms with Crippen LogP contribution in [-0.2, 0) is 4.79 Å². The molecule has 0 saturated heterocycles. The van der Waals surface area contributed by atoms with Crippen molar-refractivity contribution < 1.29 is 19.8 Å². The number of primary amides is 1. The van der Waals surface area contributed by atoms with E-state index in [1.165, 1.54) is 0 Å². The Hall–Kier alpha value is -1.30. The number of nitrogens with two attached hydrogens (primary N) is 1. The molecule has 0 heterocycles. The lowest BCUT2D eigenvalue weighted by atomic mass is 10.7. The van der Waals surface area contributed by atoms with Crippen molar-refractivity contribution in [2.75, 3.05) is 13.7 Å². The summed E-state index contributed by atoms with van der Waals surface area (Å²) in [6.45, 7) is -0.421. The SMILES string of the molecule is CO.NC(=O)NCC(=O)O. The number of aliphatic hydroxyl groups excluding tert-OH is 1. The van der Waals surface area contributed by atoms with E-state index in [-0.39, 0.29) is 0 Å². The van der Waals surface area contributed by atoms with Gasteiger partial charge in [0.1, 0.15) is 6.54 Å². The highest BCUT2D eigenvalue weighted by molar-refractivity contribution is 5.78. The van der Waals surface area contributed by atoms with Crippen LogP contribution in [0.2, 0.25) is 0 Å². The molecular weight excluding hydrogens is 140 g/mol. The number of carbonyl (C=O) groups is 2. The average molecular weight is 150 g/mol. The number of hydrogen-bond donors (Lipinski definition) is 4. The summed E-state index contributed by atoms with van der Waals surface area (Å²) in [6.07, 6.45) is 0. The van der Waals surface area contributed by atoms with Gasteiger partial charge in [-0.3, -0.25) is 4.79 Å². The molecule has 0 aromatic carbocycles. The first kappa shape index (κ1) is 11.5. The van der Waals surface area contributed by atoms with Gasteiger partial charge in [-0.25, -0.2) is 4.79 Å². The fraction of sp³-hybridized carbons (Fsp3) is 0.500. The molecule has 0 aromatic heterocycles. The van der Waals surface area contributed by atoms with Gasteiger partial charge < -0.3 is 21.3 Å². The molecule has 0 aliphatic carbocycles. The van der Waals surface area contributed by atoms with Gasteiger partial charge in [-0.15, -0.1) is 0 Å². The maximum absolute atomic E-state index is 9.75. The standard InChI is InChI=1S/C3H6N2O3.CH4O/c4-3(8)5-1-2(6)7;1-2/h1H2,(H,6,7)(H3,4,5,8);2H,1H3. The normalized spacial score (nSPS) is 7.00. The molecule has 0 atom stereocenters. The molecule has 0 aromatic rings. The van der Waals surface area contributed by atoms with E-state index in [0.29, 0.717) is 0 Å². The third kappa shape index (κ3) is 15.9. The Morgan fingerprint density at radius 1 is 1.50 bits per heavy atom. The predicted octanol–water partition coefficient (Wildman–Crippen LogP) is -1.65. The summed E-state index contributed by atoms with van der Waals surface area (Å²) in [6, 6.07) is -0.826. The summed E-state index contributed by atoms with van der Waals surface area (Å²) < 4.78 is 0. The molecule has 0 radical (unpaired) electrons. The summed E-state index contributed by atoms with van der Waals surface area (Å²) in [4.78, 5) is 19.4. The van der Waals surface area contributed by atoms with Gasteiger partial charge in [-0.05, 0) is 0 Å². The van der Waals surface area contributed by atoms with Crippen molar-refractivity contribution in [3.05, 3.63) is 0 Å². The summed E-state index contributed by atoms with van der Waals surface area (Å²) >= 11 is 0. The van der Waals surface area contributed by atoms with E-state index in [9.17, 15) is 9.59 Å². The minimum atomic E-state index is -1.11. The molecule has 0 fully saturated rings. The molecule has 60 valence electrons. The molecule has 0 bridgehead atoms. The molecule has 6 nitrogen and oxygen atoms in total. The van der Waals surface area contributed by atoms with Crippen molar-refractivity contribution in [3.8, 4) is 0 Å². The first-order chi connectivity index (χ1) is 4.63. The van der Waals surface area contributed by atoms with E-state index in [4.69, 9.17) is 10.2 Å². The fourth-order valence-corrected chi connectivity index (χ4v) is 0.163. The van der Waals surface area contributed by atoms with Crippen molar-refractivity contribution in [1.82, 2.24) is 5.32 Å². The van der Waals surface area contributed by atoms with Gasteiger partial charge in [0, 0.05) is 7.11 Å². The van der Waals surface area contributed by atoms with Crippen molar-refractivity contribution in [2.45, 2.75) is 0 Å². The lowest BCUT2D eigenvalue weighted by molar-refractivity contribution is -0.135. The Morgan fingerprint density at radius 3 is 2.00 bits per heavy atom. The second-order valence-electron chi connectivity index (χ2n) is 1.11. The molecule has 0 unspecified atom stereocenters. The molecular formula is C4H10N2O4. The monoisotopic (exact) mass is 150 g/mol. The van der Waals surface area contributed by atoms with Crippen molar-refractivity contribution in [2.24, 2.45) is 5.73 Å². The Morgan fingerprint density at radius 2 is 1.90 bits per heavy atom. The number of amides is 2. The van der Waals surface area contributed by atoms with Gasteiger partial charge in [0.2, 0.25) is 0 Å². The molecule has 0 spiro atoms. The van der Waals surface area contributed by atoms with E-state index in [2.05, 4.69) is 5.73 Å². The van der Waals surface area contributed by atoms with Crippen LogP contribution in [0.3, 0.4) is 0 Å². The molecule has 10 heavy (non-hydrogen) atoms. The first-order valence-corrected chi connectivity index (χ1v) is 2.32. The van der Waals surface area contributed by atoms with E-state index in [1.807, 2.05) is 5.32 Å². The highest BCUT2D eigenvalue weighted by Gasteiger charge is 1.95. The number of hydrogen-bond acceptors (Lipinski definition) is 3. The second kappa shape index (κ2) is 7.70. The molecule has 0 rings (SSSR count). The Bertz CT molecular complexity index is 99.8. The van der Waals surface area contributed by atoms with Crippen LogP contribution < -0.4 is 11.1 Å². The van der Waals surface area contributed by atoms with Crippen LogP contribution in [0.15, 0.2) is 0 Å². The number of rotatable bonds is 2. The van der Waals surface area contributed by atoms with Crippen LogP contribution in [0.25, 0.3) is 0 Å². The van der Waals surface area contributed by atoms with E-state index < -0.39 is 18.5 Å². The van der Waals surface area contributed by atoms with Crippen molar-refractivity contribution in [3.63, 3.8) is 0 Å². The maximum atomic E-state index is 9.75.